The van der Waals surface area contributed by atoms with Crippen LogP contribution in [0.15, 0.2) is 112 Å². The Kier molecular flexibility index (Phi) is 5.52. The van der Waals surface area contributed by atoms with Crippen molar-refractivity contribution in [2.45, 2.75) is 31.1 Å². The van der Waals surface area contributed by atoms with E-state index in [1.165, 1.54) is 41.2 Å². The molecule has 36 heavy (non-hydrogen) atoms. The molecule has 5 aromatic carbocycles. The van der Waals surface area contributed by atoms with Crippen molar-refractivity contribution < 1.29 is 0 Å². The van der Waals surface area contributed by atoms with E-state index >= 15 is 0 Å². The summed E-state index contributed by atoms with van der Waals surface area (Å²) in [5, 5.41) is 2.56. The fourth-order valence-corrected chi connectivity index (χ4v) is 6.83. The highest BCUT2D eigenvalue weighted by Gasteiger charge is 2.36. The van der Waals surface area contributed by atoms with Crippen LogP contribution in [-0.2, 0) is 0 Å². The zero-order chi connectivity index (χ0) is 24.2. The fourth-order valence-electron chi connectivity index (χ4n) is 6.30. The van der Waals surface area contributed by atoms with Crippen molar-refractivity contribution in [1.82, 2.24) is 0 Å². The Morgan fingerprint density at radius 2 is 1.22 bits per heavy atom. The number of rotatable bonds is 4. The molecule has 1 nitrogen and oxygen atoms in total. The lowest BCUT2D eigenvalue weighted by Crippen LogP contribution is -2.10. The minimum absolute atomic E-state index is 0.751. The van der Waals surface area contributed by atoms with Gasteiger partial charge in [-0.05, 0) is 125 Å². The van der Waals surface area contributed by atoms with Crippen LogP contribution >= 0.6 is 31.9 Å². The Morgan fingerprint density at radius 3 is 1.92 bits per heavy atom. The zero-order valence-electron chi connectivity index (χ0n) is 19.8. The van der Waals surface area contributed by atoms with Gasteiger partial charge in [-0.25, -0.2) is 0 Å². The zero-order valence-corrected chi connectivity index (χ0v) is 23.0. The van der Waals surface area contributed by atoms with E-state index < -0.39 is 0 Å². The summed E-state index contributed by atoms with van der Waals surface area (Å²) in [7, 11) is 0. The second-order valence-corrected chi connectivity index (χ2v) is 11.9. The summed E-state index contributed by atoms with van der Waals surface area (Å²) in [5.41, 5.74) is 9.24. The molecule has 0 radical (unpaired) electrons. The van der Waals surface area contributed by atoms with Crippen molar-refractivity contribution >= 4 is 59.7 Å². The largest absolute Gasteiger partial charge is 0.310 e. The Labute approximate surface area is 229 Å². The van der Waals surface area contributed by atoms with Gasteiger partial charge in [-0.2, -0.15) is 0 Å². The van der Waals surface area contributed by atoms with Crippen molar-refractivity contribution in [2.75, 3.05) is 4.90 Å². The van der Waals surface area contributed by atoms with Crippen LogP contribution in [0.2, 0.25) is 0 Å². The first-order valence-corrected chi connectivity index (χ1v) is 14.2. The molecule has 2 bridgehead atoms. The fraction of sp³-hybridized carbons (Fsp3) is 0.152. The summed E-state index contributed by atoms with van der Waals surface area (Å²) in [6.45, 7) is 0. The molecular weight excluding hydrogens is 570 g/mol. The van der Waals surface area contributed by atoms with Crippen LogP contribution in [0.1, 0.15) is 42.2 Å². The SMILES string of the molecule is Brc1ccc(N(c2ccc(Br)cc2)c2cc(-c3ccc4c(c3)C3CCC4C3)c3ccccc3c2)cc1. The van der Waals surface area contributed by atoms with Crippen LogP contribution in [0, 0.1) is 0 Å². The molecule has 0 amide bonds. The quantitative estimate of drug-likeness (QED) is 0.200. The minimum atomic E-state index is 0.751. The molecule has 2 aliphatic rings. The molecule has 2 atom stereocenters. The van der Waals surface area contributed by atoms with E-state index in [0.29, 0.717) is 0 Å². The van der Waals surface area contributed by atoms with Crippen LogP contribution < -0.4 is 4.90 Å². The molecule has 0 spiro atoms. The first-order valence-electron chi connectivity index (χ1n) is 12.6. The maximum atomic E-state index is 3.60. The van der Waals surface area contributed by atoms with Crippen molar-refractivity contribution in [3.63, 3.8) is 0 Å². The number of fused-ring (bicyclic) bond motifs is 6. The molecule has 0 N–H and O–H groups in total. The third-order valence-electron chi connectivity index (χ3n) is 7.98. The molecule has 0 saturated heterocycles. The summed E-state index contributed by atoms with van der Waals surface area (Å²) in [4.78, 5) is 2.35. The summed E-state index contributed by atoms with van der Waals surface area (Å²) >= 11 is 7.21. The van der Waals surface area contributed by atoms with E-state index in [1.807, 2.05) is 0 Å². The molecule has 176 valence electrons. The Balaban J connectivity index is 1.44. The van der Waals surface area contributed by atoms with Crippen LogP contribution in [0.3, 0.4) is 0 Å². The topological polar surface area (TPSA) is 3.24 Å². The van der Waals surface area contributed by atoms with Gasteiger partial charge in [0.2, 0.25) is 0 Å². The van der Waals surface area contributed by atoms with Crippen LogP contribution in [0.4, 0.5) is 17.1 Å². The Bertz CT molecular complexity index is 1540. The molecule has 1 saturated carbocycles. The van der Waals surface area contributed by atoms with Crippen molar-refractivity contribution in [3.05, 3.63) is 123 Å². The lowest BCUT2D eigenvalue weighted by Gasteiger charge is -2.27. The van der Waals surface area contributed by atoms with E-state index in [9.17, 15) is 0 Å². The molecule has 5 aromatic rings. The van der Waals surface area contributed by atoms with E-state index in [0.717, 1.165) is 37.8 Å². The second kappa shape index (κ2) is 8.90. The number of halogens is 2. The lowest BCUT2D eigenvalue weighted by molar-refractivity contribution is 0.718. The highest BCUT2D eigenvalue weighted by Crippen LogP contribution is 2.54. The highest BCUT2D eigenvalue weighted by molar-refractivity contribution is 9.10. The third-order valence-corrected chi connectivity index (χ3v) is 9.04. The average Bonchev–Trinajstić information content (AvgIpc) is 3.53. The van der Waals surface area contributed by atoms with Gasteiger partial charge >= 0.3 is 0 Å². The number of benzene rings is 5. The maximum absolute atomic E-state index is 3.60. The molecule has 0 aliphatic heterocycles. The van der Waals surface area contributed by atoms with Crippen LogP contribution in [0.25, 0.3) is 21.9 Å². The average molecular weight is 595 g/mol. The predicted molar refractivity (Wildman–Crippen MR) is 159 cm³/mol. The predicted octanol–water partition coefficient (Wildman–Crippen LogP) is 10.9. The molecule has 1 fully saturated rings. The second-order valence-electron chi connectivity index (χ2n) is 10.1. The molecule has 3 heteroatoms. The molecular formula is C33H25Br2N. The van der Waals surface area contributed by atoms with E-state index in [-0.39, 0.29) is 0 Å². The standard InChI is InChI=1S/C33H25Br2N/c34-25-8-12-27(13-9-25)36(28-14-10-26(35)11-15-28)29-18-21-3-1-2-4-30(21)33(20-29)24-7-16-31-22-5-6-23(17-22)32(31)19-24/h1-4,7-16,18-20,22-23H,5-6,17H2. The van der Waals surface area contributed by atoms with Crippen molar-refractivity contribution in [2.24, 2.45) is 0 Å². The van der Waals surface area contributed by atoms with Gasteiger partial charge in [0.1, 0.15) is 0 Å². The van der Waals surface area contributed by atoms with Gasteiger partial charge in [0.05, 0.1) is 0 Å². The third kappa shape index (κ3) is 3.81. The van der Waals surface area contributed by atoms with Gasteiger partial charge in [0, 0.05) is 26.0 Å². The Hall–Kier alpha value is -2.88. The minimum Gasteiger partial charge on any atom is -0.310 e. The molecule has 2 aliphatic carbocycles. The molecule has 0 aromatic heterocycles. The first kappa shape index (κ1) is 22.3. The summed E-state index contributed by atoms with van der Waals surface area (Å²) in [6, 6.07) is 37.9. The number of nitrogens with zero attached hydrogens (tertiary/aromatic N) is 1. The monoisotopic (exact) mass is 593 g/mol. The van der Waals surface area contributed by atoms with E-state index in [1.54, 1.807) is 11.1 Å². The molecule has 0 heterocycles. The van der Waals surface area contributed by atoms with Gasteiger partial charge in [-0.1, -0.05) is 74.3 Å². The molecule has 2 unspecified atom stereocenters. The lowest BCUT2D eigenvalue weighted by atomic mass is 9.88. The number of anilines is 3. The molecule has 7 rings (SSSR count). The van der Waals surface area contributed by atoms with E-state index in [4.69, 9.17) is 0 Å². The van der Waals surface area contributed by atoms with Gasteiger partial charge in [-0.15, -0.1) is 0 Å². The maximum Gasteiger partial charge on any atom is 0.0474 e. The summed E-state index contributed by atoms with van der Waals surface area (Å²) in [5.74, 6) is 1.54. The van der Waals surface area contributed by atoms with Gasteiger partial charge < -0.3 is 4.90 Å². The van der Waals surface area contributed by atoms with Gasteiger partial charge in [0.15, 0.2) is 0 Å². The van der Waals surface area contributed by atoms with Gasteiger partial charge in [0.25, 0.3) is 0 Å². The summed E-state index contributed by atoms with van der Waals surface area (Å²) < 4.78 is 2.15. The highest BCUT2D eigenvalue weighted by atomic mass is 79.9. The number of hydrogen-bond acceptors (Lipinski definition) is 1. The van der Waals surface area contributed by atoms with Crippen molar-refractivity contribution in [3.8, 4) is 11.1 Å². The summed E-state index contributed by atoms with van der Waals surface area (Å²) in [6.07, 6.45) is 4.06. The van der Waals surface area contributed by atoms with Crippen molar-refractivity contribution in [1.29, 1.82) is 0 Å². The van der Waals surface area contributed by atoms with Crippen LogP contribution in [0.5, 0.6) is 0 Å². The Morgan fingerprint density at radius 1 is 0.583 bits per heavy atom. The first-order chi connectivity index (χ1) is 17.6. The normalized spacial score (nSPS) is 17.9. The van der Waals surface area contributed by atoms with Crippen LogP contribution in [-0.4, -0.2) is 0 Å². The number of hydrogen-bond donors (Lipinski definition) is 0. The van der Waals surface area contributed by atoms with Gasteiger partial charge in [-0.3, -0.25) is 0 Å². The smallest absolute Gasteiger partial charge is 0.0474 e. The van der Waals surface area contributed by atoms with E-state index in [2.05, 4.69) is 140 Å².